The number of primary sulfonamides is 1. The van der Waals surface area contributed by atoms with Crippen LogP contribution in [0.1, 0.15) is 57.4 Å². The number of rotatable bonds is 10. The summed E-state index contributed by atoms with van der Waals surface area (Å²) >= 11 is 0. The van der Waals surface area contributed by atoms with Crippen LogP contribution in [0.5, 0.6) is 5.75 Å². The number of benzene rings is 1. The van der Waals surface area contributed by atoms with Gasteiger partial charge in [0.25, 0.3) is 0 Å². The minimum atomic E-state index is -3.76. The van der Waals surface area contributed by atoms with E-state index in [9.17, 15) is 8.42 Å². The Labute approximate surface area is 168 Å². The Balaban J connectivity index is 1.75. The van der Waals surface area contributed by atoms with E-state index in [0.717, 1.165) is 49.6 Å². The van der Waals surface area contributed by atoms with E-state index < -0.39 is 15.5 Å². The second kappa shape index (κ2) is 9.29. The standard InChI is InChI=1S/C21H33N3O3S/c1-3-4-5-6-9-21(28(22,25)26)27-18-10-11-20-19(14-18)16(15-23-20)13-17-8-7-12-24(17)2/h10-11,14-15,17,21,23H,3-9,12-13H2,1-2H3,(H2,22,25,26). The molecule has 28 heavy (non-hydrogen) atoms. The predicted octanol–water partition coefficient (Wildman–Crippen LogP) is 3.77. The fourth-order valence-electron chi connectivity index (χ4n) is 4.07. The van der Waals surface area contributed by atoms with Crippen molar-refractivity contribution in [3.05, 3.63) is 30.0 Å². The van der Waals surface area contributed by atoms with Crippen molar-refractivity contribution < 1.29 is 13.2 Å². The van der Waals surface area contributed by atoms with E-state index in [1.807, 2.05) is 18.2 Å². The first kappa shape index (κ1) is 21.1. The number of nitrogens with zero attached hydrogens (tertiary/aromatic N) is 1. The van der Waals surface area contributed by atoms with Crippen molar-refractivity contribution in [1.82, 2.24) is 9.88 Å². The van der Waals surface area contributed by atoms with Gasteiger partial charge in [0.05, 0.1) is 0 Å². The van der Waals surface area contributed by atoms with Gasteiger partial charge < -0.3 is 14.6 Å². The van der Waals surface area contributed by atoms with Gasteiger partial charge in [0, 0.05) is 29.6 Å². The van der Waals surface area contributed by atoms with Gasteiger partial charge in [0.15, 0.2) is 0 Å². The van der Waals surface area contributed by atoms with Gasteiger partial charge in [-0.05, 0) is 63.0 Å². The summed E-state index contributed by atoms with van der Waals surface area (Å²) < 4.78 is 29.8. The summed E-state index contributed by atoms with van der Waals surface area (Å²) in [5.41, 5.74) is 1.29. The third-order valence-corrected chi connectivity index (χ3v) is 6.86. The molecule has 3 N–H and O–H groups in total. The van der Waals surface area contributed by atoms with Crippen molar-refractivity contribution >= 4 is 20.9 Å². The number of aromatic amines is 1. The van der Waals surface area contributed by atoms with E-state index in [1.54, 1.807) is 0 Å². The van der Waals surface area contributed by atoms with Crippen LogP contribution < -0.4 is 9.88 Å². The molecule has 0 amide bonds. The van der Waals surface area contributed by atoms with Gasteiger partial charge in [-0.25, -0.2) is 13.6 Å². The van der Waals surface area contributed by atoms with Crippen LogP contribution in [0.3, 0.4) is 0 Å². The molecule has 0 aliphatic carbocycles. The van der Waals surface area contributed by atoms with Crippen LogP contribution in [0.4, 0.5) is 0 Å². The lowest BCUT2D eigenvalue weighted by Crippen LogP contribution is -2.33. The molecule has 3 rings (SSSR count). The Bertz CT molecular complexity index is 878. The summed E-state index contributed by atoms with van der Waals surface area (Å²) in [4.78, 5) is 5.73. The number of unbranched alkanes of at least 4 members (excludes halogenated alkanes) is 3. The maximum atomic E-state index is 12.0. The third kappa shape index (κ3) is 5.27. The molecule has 1 saturated heterocycles. The Morgan fingerprint density at radius 2 is 2.14 bits per heavy atom. The number of H-pyrrole nitrogens is 1. The molecule has 0 spiro atoms. The predicted molar refractivity (Wildman–Crippen MR) is 114 cm³/mol. The van der Waals surface area contributed by atoms with E-state index >= 15 is 0 Å². The Kier molecular flexibility index (Phi) is 7.01. The molecule has 1 aliphatic heterocycles. The summed E-state index contributed by atoms with van der Waals surface area (Å²) in [5, 5.41) is 6.52. The molecule has 1 fully saturated rings. The maximum absolute atomic E-state index is 12.0. The van der Waals surface area contributed by atoms with E-state index in [4.69, 9.17) is 9.88 Å². The molecule has 1 aromatic carbocycles. The largest absolute Gasteiger partial charge is 0.473 e. The van der Waals surface area contributed by atoms with Crippen molar-refractivity contribution in [3.8, 4) is 5.75 Å². The number of nitrogens with one attached hydrogen (secondary N) is 1. The third-order valence-electron chi connectivity index (χ3n) is 5.79. The smallest absolute Gasteiger partial charge is 0.247 e. The average molecular weight is 408 g/mol. The van der Waals surface area contributed by atoms with Crippen LogP contribution in [0.2, 0.25) is 0 Å². The first-order valence-electron chi connectivity index (χ1n) is 10.4. The minimum Gasteiger partial charge on any atom is -0.473 e. The SMILES string of the molecule is CCCCCCC(Oc1ccc2[nH]cc(CC3CCCN3C)c2c1)S(N)(=O)=O. The zero-order valence-corrected chi connectivity index (χ0v) is 17.8. The molecular weight excluding hydrogens is 374 g/mol. The zero-order valence-electron chi connectivity index (χ0n) is 17.0. The van der Waals surface area contributed by atoms with Crippen molar-refractivity contribution in [2.45, 2.75) is 69.8 Å². The van der Waals surface area contributed by atoms with Crippen molar-refractivity contribution in [2.75, 3.05) is 13.6 Å². The topological polar surface area (TPSA) is 88.4 Å². The van der Waals surface area contributed by atoms with E-state index in [1.165, 1.54) is 18.4 Å². The van der Waals surface area contributed by atoms with Gasteiger partial charge >= 0.3 is 0 Å². The monoisotopic (exact) mass is 407 g/mol. The quantitative estimate of drug-likeness (QED) is 0.587. The van der Waals surface area contributed by atoms with E-state index in [2.05, 4.69) is 30.1 Å². The zero-order chi connectivity index (χ0) is 20.1. The lowest BCUT2D eigenvalue weighted by molar-refractivity contribution is 0.257. The molecule has 2 aromatic rings. The summed E-state index contributed by atoms with van der Waals surface area (Å²) in [7, 11) is -1.59. The summed E-state index contributed by atoms with van der Waals surface area (Å²) in [5.74, 6) is 0.558. The van der Waals surface area contributed by atoms with Crippen molar-refractivity contribution in [3.63, 3.8) is 0 Å². The number of likely N-dealkylation sites (N-methyl/N-ethyl adjacent to an activating group) is 1. The molecule has 2 heterocycles. The van der Waals surface area contributed by atoms with Gasteiger partial charge in [-0.1, -0.05) is 26.2 Å². The highest BCUT2D eigenvalue weighted by Crippen LogP contribution is 2.28. The van der Waals surface area contributed by atoms with Crippen LogP contribution in [-0.4, -0.2) is 43.4 Å². The van der Waals surface area contributed by atoms with Crippen molar-refractivity contribution in [2.24, 2.45) is 5.14 Å². The van der Waals surface area contributed by atoms with Gasteiger partial charge in [0.1, 0.15) is 5.75 Å². The number of likely N-dealkylation sites (tertiary alicyclic amines) is 1. The molecule has 1 aliphatic rings. The molecule has 0 radical (unpaired) electrons. The number of ether oxygens (including phenoxy) is 1. The number of hydrogen-bond acceptors (Lipinski definition) is 4. The van der Waals surface area contributed by atoms with Gasteiger partial charge in [-0.15, -0.1) is 0 Å². The van der Waals surface area contributed by atoms with E-state index in [0.29, 0.717) is 18.2 Å². The van der Waals surface area contributed by atoms with Crippen LogP contribution in [0, 0.1) is 0 Å². The molecule has 2 atom stereocenters. The number of fused-ring (bicyclic) bond motifs is 1. The Hall–Kier alpha value is -1.57. The molecule has 0 bridgehead atoms. The maximum Gasteiger partial charge on any atom is 0.247 e. The molecule has 7 heteroatoms. The lowest BCUT2D eigenvalue weighted by Gasteiger charge is -2.19. The molecule has 0 saturated carbocycles. The molecule has 6 nitrogen and oxygen atoms in total. The second-order valence-electron chi connectivity index (χ2n) is 7.99. The number of sulfonamides is 1. The normalized spacial score (nSPS) is 19.3. The second-order valence-corrected chi connectivity index (χ2v) is 9.69. The summed E-state index contributed by atoms with van der Waals surface area (Å²) in [6, 6.07) is 6.26. The number of nitrogens with two attached hydrogens (primary N) is 1. The van der Waals surface area contributed by atoms with Crippen LogP contribution in [0.15, 0.2) is 24.4 Å². The molecule has 156 valence electrons. The first-order valence-corrected chi connectivity index (χ1v) is 12.0. The first-order chi connectivity index (χ1) is 13.4. The highest BCUT2D eigenvalue weighted by Gasteiger charge is 2.24. The van der Waals surface area contributed by atoms with Crippen LogP contribution in [0.25, 0.3) is 10.9 Å². The van der Waals surface area contributed by atoms with Gasteiger partial charge in [-0.3, -0.25) is 0 Å². The summed E-state index contributed by atoms with van der Waals surface area (Å²) in [6.45, 7) is 3.27. The highest BCUT2D eigenvalue weighted by molar-refractivity contribution is 7.89. The number of aromatic nitrogens is 1. The Morgan fingerprint density at radius 3 is 2.82 bits per heavy atom. The van der Waals surface area contributed by atoms with E-state index in [-0.39, 0.29) is 0 Å². The fraction of sp³-hybridized carbons (Fsp3) is 0.619. The van der Waals surface area contributed by atoms with Crippen LogP contribution >= 0.6 is 0 Å². The lowest BCUT2D eigenvalue weighted by atomic mass is 10.0. The van der Waals surface area contributed by atoms with Crippen LogP contribution in [-0.2, 0) is 16.4 Å². The average Bonchev–Trinajstić information content (AvgIpc) is 3.23. The van der Waals surface area contributed by atoms with Gasteiger partial charge in [-0.2, -0.15) is 0 Å². The minimum absolute atomic E-state index is 0.420. The fourth-order valence-corrected chi connectivity index (χ4v) is 4.81. The van der Waals surface area contributed by atoms with Gasteiger partial charge in [0.2, 0.25) is 15.5 Å². The Morgan fingerprint density at radius 1 is 1.32 bits per heavy atom. The van der Waals surface area contributed by atoms with Crippen molar-refractivity contribution in [1.29, 1.82) is 0 Å². The highest BCUT2D eigenvalue weighted by atomic mass is 32.2. The molecular formula is C21H33N3O3S. The summed E-state index contributed by atoms with van der Waals surface area (Å²) in [6.07, 6.45) is 9.89. The number of hydrogen-bond donors (Lipinski definition) is 2. The molecule has 2 unspecified atom stereocenters. The molecule has 1 aromatic heterocycles.